The van der Waals surface area contributed by atoms with Gasteiger partial charge in [0.1, 0.15) is 6.54 Å². The number of hydrogen-bond donors (Lipinski definition) is 1. The zero-order chi connectivity index (χ0) is 21.0. The molecule has 1 atom stereocenters. The minimum absolute atomic E-state index is 0.0346. The van der Waals surface area contributed by atoms with E-state index in [4.69, 9.17) is 16.3 Å². The first-order chi connectivity index (χ1) is 13.8. The summed E-state index contributed by atoms with van der Waals surface area (Å²) in [5.74, 6) is -2.37. The lowest BCUT2D eigenvalue weighted by Gasteiger charge is -2.25. The molecule has 150 valence electrons. The number of nitrogens with zero attached hydrogens (tertiary/aromatic N) is 1. The van der Waals surface area contributed by atoms with Gasteiger partial charge in [-0.15, -0.1) is 0 Å². The van der Waals surface area contributed by atoms with Crippen LogP contribution in [0.15, 0.2) is 48.5 Å². The number of fused-ring (bicyclic) bond motifs is 1. The Labute approximate surface area is 172 Å². The van der Waals surface area contributed by atoms with E-state index >= 15 is 0 Å². The van der Waals surface area contributed by atoms with Gasteiger partial charge in [0, 0.05) is 10.6 Å². The highest BCUT2D eigenvalue weighted by Gasteiger charge is 2.32. The molecule has 1 heterocycles. The quantitative estimate of drug-likeness (QED) is 0.578. The molecule has 0 spiro atoms. The number of imide groups is 1. The van der Waals surface area contributed by atoms with E-state index in [-0.39, 0.29) is 12.5 Å². The van der Waals surface area contributed by atoms with E-state index in [2.05, 4.69) is 5.32 Å². The van der Waals surface area contributed by atoms with Gasteiger partial charge in [0.25, 0.3) is 11.8 Å². The third kappa shape index (κ3) is 5.00. The van der Waals surface area contributed by atoms with Gasteiger partial charge in [-0.3, -0.25) is 24.1 Å². The van der Waals surface area contributed by atoms with E-state index in [9.17, 15) is 19.2 Å². The predicted octanol–water partition coefficient (Wildman–Crippen LogP) is 2.29. The molecule has 0 radical (unpaired) electrons. The van der Waals surface area contributed by atoms with Crippen molar-refractivity contribution in [3.05, 3.63) is 70.2 Å². The SMILES string of the molecule is C[C@H](NC(=O)COC(=O)CN1C(=O)Cc2ccccc2C1=O)c1cccc(Cl)c1. The van der Waals surface area contributed by atoms with Crippen molar-refractivity contribution in [3.63, 3.8) is 0 Å². The summed E-state index contributed by atoms with van der Waals surface area (Å²) in [5, 5.41) is 3.24. The topological polar surface area (TPSA) is 92.8 Å². The van der Waals surface area contributed by atoms with Crippen LogP contribution in [-0.2, 0) is 25.5 Å². The Balaban J connectivity index is 1.51. The van der Waals surface area contributed by atoms with Crippen LogP contribution in [0.5, 0.6) is 0 Å². The summed E-state index contributed by atoms with van der Waals surface area (Å²) < 4.78 is 4.93. The molecule has 2 aromatic carbocycles. The van der Waals surface area contributed by atoms with Gasteiger partial charge in [-0.2, -0.15) is 0 Å². The van der Waals surface area contributed by atoms with Crippen LogP contribution in [0.2, 0.25) is 5.02 Å². The molecule has 8 heteroatoms. The van der Waals surface area contributed by atoms with Crippen LogP contribution in [0.1, 0.15) is 34.5 Å². The predicted molar refractivity (Wildman–Crippen MR) is 105 cm³/mol. The number of ether oxygens (including phenoxy) is 1. The number of benzene rings is 2. The van der Waals surface area contributed by atoms with Crippen LogP contribution in [0, 0.1) is 0 Å². The van der Waals surface area contributed by atoms with Gasteiger partial charge in [-0.05, 0) is 36.2 Å². The fourth-order valence-electron chi connectivity index (χ4n) is 3.02. The zero-order valence-corrected chi connectivity index (χ0v) is 16.4. The fraction of sp³-hybridized carbons (Fsp3) is 0.238. The Bertz CT molecular complexity index is 975. The smallest absolute Gasteiger partial charge is 0.326 e. The molecule has 0 saturated carbocycles. The van der Waals surface area contributed by atoms with Gasteiger partial charge >= 0.3 is 5.97 Å². The maximum Gasteiger partial charge on any atom is 0.326 e. The van der Waals surface area contributed by atoms with Gasteiger partial charge < -0.3 is 10.1 Å². The van der Waals surface area contributed by atoms with Crippen LogP contribution in [-0.4, -0.2) is 41.7 Å². The van der Waals surface area contributed by atoms with Gasteiger partial charge in [0.2, 0.25) is 5.91 Å². The van der Waals surface area contributed by atoms with Gasteiger partial charge in [0.15, 0.2) is 6.61 Å². The molecule has 2 aromatic rings. The zero-order valence-electron chi connectivity index (χ0n) is 15.7. The lowest BCUT2D eigenvalue weighted by molar-refractivity contribution is -0.151. The number of nitrogens with one attached hydrogen (secondary N) is 1. The first-order valence-electron chi connectivity index (χ1n) is 8.98. The van der Waals surface area contributed by atoms with Crippen molar-refractivity contribution in [1.29, 1.82) is 0 Å². The summed E-state index contributed by atoms with van der Waals surface area (Å²) in [6.07, 6.45) is 0.0346. The number of hydrogen-bond acceptors (Lipinski definition) is 5. The van der Waals surface area contributed by atoms with Gasteiger partial charge in [0.05, 0.1) is 12.5 Å². The number of rotatable bonds is 6. The molecule has 29 heavy (non-hydrogen) atoms. The average Bonchev–Trinajstić information content (AvgIpc) is 2.69. The third-order valence-electron chi connectivity index (χ3n) is 4.51. The van der Waals surface area contributed by atoms with Crippen LogP contribution in [0.4, 0.5) is 0 Å². The molecule has 0 unspecified atom stereocenters. The second kappa shape index (κ2) is 8.87. The molecule has 0 aliphatic carbocycles. The molecule has 1 aliphatic rings. The number of carbonyl (C=O) groups excluding carboxylic acids is 4. The van der Waals surface area contributed by atoms with Crippen molar-refractivity contribution in [3.8, 4) is 0 Å². The van der Waals surface area contributed by atoms with Crippen molar-refractivity contribution in [2.24, 2.45) is 0 Å². The third-order valence-corrected chi connectivity index (χ3v) is 4.75. The van der Waals surface area contributed by atoms with Crippen molar-refractivity contribution < 1.29 is 23.9 Å². The lowest BCUT2D eigenvalue weighted by atomic mass is 9.98. The number of amides is 3. The van der Waals surface area contributed by atoms with Crippen LogP contribution < -0.4 is 5.32 Å². The van der Waals surface area contributed by atoms with Crippen LogP contribution in [0.3, 0.4) is 0 Å². The summed E-state index contributed by atoms with van der Waals surface area (Å²) in [4.78, 5) is 49.5. The Kier molecular flexibility index (Phi) is 6.29. The summed E-state index contributed by atoms with van der Waals surface area (Å²) in [6, 6.07) is 13.4. The molecule has 0 saturated heterocycles. The molecule has 3 amide bonds. The number of halogens is 1. The summed E-state index contributed by atoms with van der Waals surface area (Å²) in [5.41, 5.74) is 1.81. The van der Waals surface area contributed by atoms with E-state index in [0.717, 1.165) is 10.5 Å². The Morgan fingerprint density at radius 3 is 2.69 bits per heavy atom. The largest absolute Gasteiger partial charge is 0.454 e. The van der Waals surface area contributed by atoms with Crippen molar-refractivity contribution in [1.82, 2.24) is 10.2 Å². The molecule has 3 rings (SSSR count). The summed E-state index contributed by atoms with van der Waals surface area (Å²) in [6.45, 7) is 0.716. The van der Waals surface area contributed by atoms with Crippen LogP contribution >= 0.6 is 11.6 Å². The molecule has 0 aromatic heterocycles. The molecular weight excluding hydrogens is 396 g/mol. The molecule has 1 aliphatic heterocycles. The molecular formula is C21H19ClN2O5. The van der Waals surface area contributed by atoms with E-state index in [1.54, 1.807) is 49.4 Å². The van der Waals surface area contributed by atoms with E-state index in [0.29, 0.717) is 16.1 Å². The van der Waals surface area contributed by atoms with Crippen molar-refractivity contribution >= 4 is 35.3 Å². The Morgan fingerprint density at radius 1 is 1.17 bits per heavy atom. The number of carbonyl (C=O) groups is 4. The first kappa shape index (κ1) is 20.5. The average molecular weight is 415 g/mol. The molecule has 0 fully saturated rings. The van der Waals surface area contributed by atoms with E-state index in [1.165, 1.54) is 0 Å². The Morgan fingerprint density at radius 2 is 1.93 bits per heavy atom. The second-order valence-electron chi connectivity index (χ2n) is 6.62. The van der Waals surface area contributed by atoms with E-state index < -0.39 is 36.8 Å². The number of esters is 1. The van der Waals surface area contributed by atoms with Crippen molar-refractivity contribution in [2.45, 2.75) is 19.4 Å². The highest BCUT2D eigenvalue weighted by atomic mass is 35.5. The fourth-order valence-corrected chi connectivity index (χ4v) is 3.22. The lowest BCUT2D eigenvalue weighted by Crippen LogP contribution is -2.45. The maximum absolute atomic E-state index is 12.4. The monoisotopic (exact) mass is 414 g/mol. The second-order valence-corrected chi connectivity index (χ2v) is 7.06. The van der Waals surface area contributed by atoms with Crippen molar-refractivity contribution in [2.75, 3.05) is 13.2 Å². The maximum atomic E-state index is 12.4. The Hall–Kier alpha value is -3.19. The minimum atomic E-state index is -0.836. The minimum Gasteiger partial charge on any atom is -0.454 e. The summed E-state index contributed by atoms with van der Waals surface area (Å²) >= 11 is 5.93. The normalized spacial score (nSPS) is 14.2. The van der Waals surface area contributed by atoms with Gasteiger partial charge in [-0.1, -0.05) is 41.9 Å². The van der Waals surface area contributed by atoms with E-state index in [1.807, 2.05) is 6.07 Å². The molecule has 7 nitrogen and oxygen atoms in total. The first-order valence-corrected chi connectivity index (χ1v) is 9.36. The molecule has 0 bridgehead atoms. The van der Waals surface area contributed by atoms with Crippen LogP contribution in [0.25, 0.3) is 0 Å². The summed E-state index contributed by atoms with van der Waals surface area (Å²) in [7, 11) is 0. The molecule has 1 N–H and O–H groups in total. The highest BCUT2D eigenvalue weighted by Crippen LogP contribution is 2.19. The standard InChI is InChI=1S/C21H19ClN2O5/c1-13(14-6-4-7-16(22)9-14)23-18(25)12-29-20(27)11-24-19(26)10-15-5-2-3-8-17(15)21(24)28/h2-9,13H,10-12H2,1H3,(H,23,25)/t13-/m0/s1. The van der Waals surface area contributed by atoms with Gasteiger partial charge in [-0.25, -0.2) is 0 Å². The highest BCUT2D eigenvalue weighted by molar-refractivity contribution is 6.30.